The Hall–Kier alpha value is -3.31. The van der Waals surface area contributed by atoms with Crippen LogP contribution >= 0.6 is 19.3 Å². The number of fused-ring (bicyclic) bond motifs is 1. The highest BCUT2D eigenvalue weighted by atomic mass is 35.5. The lowest BCUT2D eigenvalue weighted by Crippen LogP contribution is -2.44. The summed E-state index contributed by atoms with van der Waals surface area (Å²) in [5.41, 5.74) is 3.69. The number of nitrogens with zero attached hydrogens (tertiary/aromatic N) is 4. The minimum Gasteiger partial charge on any atom is -0.462 e. The summed E-state index contributed by atoms with van der Waals surface area (Å²) in [6.45, 7) is 4.28. The van der Waals surface area contributed by atoms with Crippen LogP contribution in [-0.4, -0.2) is 69.2 Å². The molecule has 1 aliphatic rings. The molecule has 3 aromatic rings. The Kier molecular flexibility index (Phi) is 9.48. The number of ether oxygens (including phenoxy) is 3. The van der Waals surface area contributed by atoms with Gasteiger partial charge >= 0.3 is 13.7 Å². The first-order valence-corrected chi connectivity index (χ1v) is 14.3. The van der Waals surface area contributed by atoms with Gasteiger partial charge in [0.05, 0.1) is 25.2 Å². The Labute approximate surface area is 240 Å². The van der Waals surface area contributed by atoms with E-state index < -0.39 is 56.6 Å². The number of esters is 1. The summed E-state index contributed by atoms with van der Waals surface area (Å²) >= 11 is 5.64. The number of nitrogen functional groups attached to an aromatic ring is 1. The van der Waals surface area contributed by atoms with E-state index >= 15 is 4.39 Å². The number of alkyl halides is 1. The Morgan fingerprint density at radius 3 is 2.71 bits per heavy atom. The zero-order chi connectivity index (χ0) is 29.8. The Morgan fingerprint density at radius 1 is 1.32 bits per heavy atom. The van der Waals surface area contributed by atoms with Crippen LogP contribution < -0.4 is 15.3 Å². The van der Waals surface area contributed by atoms with Crippen molar-refractivity contribution in [2.75, 3.05) is 19.5 Å². The molecule has 13 nitrogen and oxygen atoms in total. The van der Waals surface area contributed by atoms with E-state index in [9.17, 15) is 9.36 Å². The minimum absolute atomic E-state index is 0.0662. The Morgan fingerprint density at radius 2 is 2.05 bits per heavy atom. The van der Waals surface area contributed by atoms with Gasteiger partial charge in [0.15, 0.2) is 11.9 Å². The summed E-state index contributed by atoms with van der Waals surface area (Å²) in [4.78, 5) is 24.6. The van der Waals surface area contributed by atoms with Crippen LogP contribution in [0.4, 0.5) is 10.3 Å². The number of nitrogens with two attached hydrogens (primary N) is 1. The van der Waals surface area contributed by atoms with Gasteiger partial charge < -0.3 is 24.5 Å². The number of carbonyl (C=O) groups excluding carboxylic acids is 1. The number of para-hydroxylation sites is 1. The highest BCUT2D eigenvalue weighted by Gasteiger charge is 2.59. The van der Waals surface area contributed by atoms with Gasteiger partial charge in [-0.05, 0) is 50.4 Å². The largest absolute Gasteiger partial charge is 0.462 e. The van der Waals surface area contributed by atoms with Gasteiger partial charge in [-0.1, -0.05) is 18.2 Å². The van der Waals surface area contributed by atoms with E-state index in [0.29, 0.717) is 5.52 Å². The fourth-order valence-electron chi connectivity index (χ4n) is 4.19. The van der Waals surface area contributed by atoms with Gasteiger partial charge in [-0.3, -0.25) is 13.9 Å². The fraction of sp³-hybridized carbons (Fsp3) is 0.440. The zero-order valence-electron chi connectivity index (χ0n) is 22.6. The van der Waals surface area contributed by atoms with Gasteiger partial charge in [-0.2, -0.15) is 10.1 Å². The number of nitrogens with one attached hydrogen (secondary N) is 1. The third-order valence-electron chi connectivity index (χ3n) is 5.93. The smallest absolute Gasteiger partial charge is 0.459 e. The molecule has 3 N–H and O–H groups in total. The minimum atomic E-state index is -4.29. The second-order valence-electron chi connectivity index (χ2n) is 9.29. The molecule has 1 aliphatic heterocycles. The number of hydrogen-bond acceptors (Lipinski definition) is 11. The second kappa shape index (κ2) is 12.7. The number of halogens is 2. The van der Waals surface area contributed by atoms with Crippen molar-refractivity contribution in [2.24, 2.45) is 0 Å². The van der Waals surface area contributed by atoms with Gasteiger partial charge in [0.1, 0.15) is 29.5 Å². The van der Waals surface area contributed by atoms with Crippen LogP contribution in [0.15, 0.2) is 42.9 Å². The van der Waals surface area contributed by atoms with Crippen LogP contribution in [0.2, 0.25) is 0 Å². The first-order valence-electron chi connectivity index (χ1n) is 12.4. The molecule has 0 saturated carbocycles. The van der Waals surface area contributed by atoms with Gasteiger partial charge in [0.2, 0.25) is 11.6 Å². The molecule has 2 aromatic heterocycles. The first kappa shape index (κ1) is 30.6. The average Bonchev–Trinajstić information content (AvgIpc) is 3.44. The lowest BCUT2D eigenvalue weighted by molar-refractivity contribution is -0.149. The summed E-state index contributed by atoms with van der Waals surface area (Å²) in [5.74, 6) is 1.76. The predicted molar refractivity (Wildman–Crippen MR) is 146 cm³/mol. The monoisotopic (exact) mass is 610 g/mol. The molecule has 0 radical (unpaired) electrons. The molecule has 0 aliphatic carbocycles. The number of methoxy groups -OCH3 is 1. The topological polar surface area (TPSA) is 162 Å². The van der Waals surface area contributed by atoms with Crippen molar-refractivity contribution in [3.05, 3.63) is 42.9 Å². The lowest BCUT2D eigenvalue weighted by Gasteiger charge is -2.27. The molecule has 220 valence electrons. The van der Waals surface area contributed by atoms with Gasteiger partial charge in [0.25, 0.3) is 0 Å². The second-order valence-corrected chi connectivity index (χ2v) is 11.2. The molecule has 2 unspecified atom stereocenters. The van der Waals surface area contributed by atoms with Crippen LogP contribution in [0.3, 0.4) is 0 Å². The summed E-state index contributed by atoms with van der Waals surface area (Å²) in [6, 6.07) is 7.07. The normalized spacial score (nSPS) is 24.4. The number of benzene rings is 1. The van der Waals surface area contributed by atoms with Gasteiger partial charge in [0, 0.05) is 12.5 Å². The van der Waals surface area contributed by atoms with Crippen molar-refractivity contribution >= 4 is 42.4 Å². The number of imidazole rings is 1. The number of rotatable bonds is 11. The molecule has 3 heterocycles. The number of aromatic nitrogens is 4. The third-order valence-corrected chi connectivity index (χ3v) is 7.67. The van der Waals surface area contributed by atoms with Gasteiger partial charge in [-0.15, -0.1) is 0 Å². The first-order chi connectivity index (χ1) is 19.5. The average molecular weight is 611 g/mol. The number of anilines is 1. The molecular formula is C25H29ClFN6O7P. The molecule has 4 rings (SSSR count). The van der Waals surface area contributed by atoms with Crippen LogP contribution in [0.5, 0.6) is 5.75 Å². The third kappa shape index (κ3) is 6.78. The molecule has 16 heteroatoms. The molecule has 1 aromatic carbocycles. The summed E-state index contributed by atoms with van der Waals surface area (Å²) in [6.07, 6.45) is -1.81. The molecule has 0 bridgehead atoms. The summed E-state index contributed by atoms with van der Waals surface area (Å²) in [5, 5.41) is 4.63. The molecule has 0 amide bonds. The molecule has 6 atom stereocenters. The predicted octanol–water partition coefficient (Wildman–Crippen LogP) is 3.36. The highest BCUT2D eigenvalue weighted by molar-refractivity contribution is 7.52. The van der Waals surface area contributed by atoms with Crippen LogP contribution in [-0.2, 0) is 28.1 Å². The van der Waals surface area contributed by atoms with E-state index in [-0.39, 0.29) is 17.3 Å². The van der Waals surface area contributed by atoms with E-state index in [0.717, 1.165) is 0 Å². The van der Waals surface area contributed by atoms with E-state index in [2.05, 4.69) is 31.3 Å². The fourth-order valence-corrected chi connectivity index (χ4v) is 5.83. The molecule has 1 fully saturated rings. The molecule has 1 saturated heterocycles. The quantitative estimate of drug-likeness (QED) is 0.185. The summed E-state index contributed by atoms with van der Waals surface area (Å²) in [7, 11) is -3.04. The van der Waals surface area contributed by atoms with Crippen LogP contribution in [0, 0.1) is 11.3 Å². The maximum atomic E-state index is 16.6. The van der Waals surface area contributed by atoms with Gasteiger partial charge in [-0.25, -0.2) is 18.9 Å². The number of hydrogen-bond donors (Lipinski definition) is 2. The molecule has 0 spiro atoms. The van der Waals surface area contributed by atoms with Crippen molar-refractivity contribution < 1.29 is 37.0 Å². The highest BCUT2D eigenvalue weighted by Crippen LogP contribution is 2.48. The van der Waals surface area contributed by atoms with Crippen molar-refractivity contribution in [1.29, 1.82) is 0 Å². The lowest BCUT2D eigenvalue weighted by atomic mass is 9.97. The van der Waals surface area contributed by atoms with Crippen molar-refractivity contribution in [3.8, 4) is 17.0 Å². The van der Waals surface area contributed by atoms with Crippen molar-refractivity contribution in [2.45, 2.75) is 57.0 Å². The standard InChI is InChI=1S/C25H29ClFN6O7P/c1-15(2)38-22(34)16(3)32-41(35,40-17-8-6-5-7-9-17)37-13-19-20(36-4)25(27,10-11-26)23(39-19)33-14-30-18-12-29-24(28)31-21(18)33/h5-9,12,14-16,19-20,23H,13H2,1-4H3,(H,32,35)(H2,28,29,31)/t16-,19+,20-,23+,25?,41?/m0/s1. The van der Waals surface area contributed by atoms with Crippen LogP contribution in [0.1, 0.15) is 27.0 Å². The zero-order valence-corrected chi connectivity index (χ0v) is 24.2. The SMILES string of the molecule is CO[C@H]1[C@@H](COP(=O)(N[C@@H](C)C(=O)OC(C)C)Oc2ccccc2)O[C@@H](n2cnc3cnc(N)nc32)C1(F)C#CCl. The summed E-state index contributed by atoms with van der Waals surface area (Å²) < 4.78 is 59.8. The van der Waals surface area contributed by atoms with Crippen LogP contribution in [0.25, 0.3) is 11.2 Å². The van der Waals surface area contributed by atoms with E-state index in [1.165, 1.54) is 31.1 Å². The van der Waals surface area contributed by atoms with Crippen molar-refractivity contribution in [3.63, 3.8) is 0 Å². The maximum Gasteiger partial charge on any atom is 0.459 e. The maximum absolute atomic E-state index is 16.6. The Balaban J connectivity index is 1.62. The number of carbonyl (C=O) groups is 1. The van der Waals surface area contributed by atoms with E-state index in [4.69, 9.17) is 40.6 Å². The molecule has 41 heavy (non-hydrogen) atoms. The molecular weight excluding hydrogens is 582 g/mol. The van der Waals surface area contributed by atoms with E-state index in [1.54, 1.807) is 44.2 Å². The van der Waals surface area contributed by atoms with Crippen molar-refractivity contribution in [1.82, 2.24) is 24.6 Å². The van der Waals surface area contributed by atoms with E-state index in [1.807, 2.05) is 0 Å². The Bertz CT molecular complexity index is 1490.